The summed E-state index contributed by atoms with van der Waals surface area (Å²) in [5.74, 6) is -22.8. The van der Waals surface area contributed by atoms with Crippen LogP contribution >= 0.6 is 0 Å². The Hall–Kier alpha value is -8.87. The summed E-state index contributed by atoms with van der Waals surface area (Å²) in [6.45, 7) is 0. The van der Waals surface area contributed by atoms with E-state index in [1.165, 1.54) is 66.7 Å². The van der Waals surface area contributed by atoms with Gasteiger partial charge in [-0.1, -0.05) is 24.3 Å². The summed E-state index contributed by atoms with van der Waals surface area (Å²) in [6, 6.07) is 18.8. The highest BCUT2D eigenvalue weighted by Gasteiger charge is 2.36. The number of rotatable bonds is 6. The van der Waals surface area contributed by atoms with Crippen LogP contribution in [0.2, 0.25) is 0 Å². The van der Waals surface area contributed by atoms with Crippen LogP contribution in [0, 0.1) is 69.8 Å². The van der Waals surface area contributed by atoms with Crippen molar-refractivity contribution in [1.29, 1.82) is 0 Å². The molecule has 8 bridgehead atoms. The summed E-state index contributed by atoms with van der Waals surface area (Å²) < 4.78 is 198. The number of hydrogen-bond acceptors (Lipinski definition) is 4. The standard InChI is InChI=1S/C52H25F12N7/c53-41-35(23-7-1-4-18-65-23)42(54)48(60)38(47(41)59)32-26-12-10-21(68-26)22-11-13-27(69-22)33(39-49(61)43(55)36(44(56)50(39)62)24-8-2-5-19-66-24)29-15-17-31(71-29)34(30-16-14-28(32)70-30)40-51(63)45(57)37(46(58)52(40)64)25-9-3-6-20-67-25/h1-14,16-20,68-71H,15H2. The van der Waals surface area contributed by atoms with Crippen molar-refractivity contribution in [3.63, 3.8) is 0 Å². The van der Waals surface area contributed by atoms with Crippen LogP contribution < -0.4 is 16.0 Å². The van der Waals surface area contributed by atoms with Crippen molar-refractivity contribution in [2.45, 2.75) is 6.42 Å². The van der Waals surface area contributed by atoms with Crippen LogP contribution in [0.3, 0.4) is 0 Å². The molecule has 8 heterocycles. The Bertz CT molecular complexity index is 3810. The van der Waals surface area contributed by atoms with Crippen LogP contribution in [-0.4, -0.2) is 29.9 Å². The van der Waals surface area contributed by atoms with E-state index in [1.807, 2.05) is 0 Å². The van der Waals surface area contributed by atoms with Gasteiger partial charge in [-0.05, 0) is 72.8 Å². The first-order valence-corrected chi connectivity index (χ1v) is 21.1. The summed E-state index contributed by atoms with van der Waals surface area (Å²) in [5.41, 5.74) is -11.8. The Morgan fingerprint density at radius 2 is 0.662 bits per heavy atom. The molecule has 6 aromatic heterocycles. The third-order valence-corrected chi connectivity index (χ3v) is 12.1. The third-order valence-electron chi connectivity index (χ3n) is 12.1. The lowest BCUT2D eigenvalue weighted by molar-refractivity contribution is 0.454. The zero-order valence-corrected chi connectivity index (χ0v) is 35.6. The number of H-pyrrole nitrogens is 3. The van der Waals surface area contributed by atoms with E-state index in [0.29, 0.717) is 0 Å². The van der Waals surface area contributed by atoms with Gasteiger partial charge in [0, 0.05) is 75.2 Å². The smallest absolute Gasteiger partial charge is 0.172 e. The first-order chi connectivity index (χ1) is 34.2. The van der Waals surface area contributed by atoms with Crippen molar-refractivity contribution in [3.8, 4) is 45.2 Å². The van der Waals surface area contributed by atoms with Gasteiger partial charge in [-0.25, -0.2) is 52.7 Å². The second-order valence-electron chi connectivity index (χ2n) is 16.1. The zero-order chi connectivity index (χ0) is 49.6. The molecule has 71 heavy (non-hydrogen) atoms. The molecule has 9 aromatic rings. The molecule has 0 saturated carbocycles. The van der Waals surface area contributed by atoms with Gasteiger partial charge in [0.2, 0.25) is 0 Å². The molecule has 3 aromatic carbocycles. The van der Waals surface area contributed by atoms with E-state index in [-0.39, 0.29) is 33.8 Å². The van der Waals surface area contributed by atoms with E-state index >= 15 is 52.7 Å². The largest absolute Gasteiger partial charge is 0.358 e. The van der Waals surface area contributed by atoms with Crippen molar-refractivity contribution in [3.05, 3.63) is 236 Å². The predicted octanol–water partition coefficient (Wildman–Crippen LogP) is 11.3. The molecule has 2 aliphatic heterocycles. The average molecular weight is 976 g/mol. The maximum Gasteiger partial charge on any atom is 0.172 e. The van der Waals surface area contributed by atoms with Crippen LogP contribution in [0.5, 0.6) is 0 Å². The molecule has 7 nitrogen and oxygen atoms in total. The van der Waals surface area contributed by atoms with Gasteiger partial charge in [0.25, 0.3) is 0 Å². The Morgan fingerprint density at radius 3 is 1.06 bits per heavy atom. The molecular formula is C52H25F12N7. The minimum absolute atomic E-state index is 0.0685. The Balaban J connectivity index is 1.23. The molecule has 2 aliphatic rings. The molecule has 0 radical (unpaired) electrons. The van der Waals surface area contributed by atoms with E-state index < -0.39 is 154 Å². The summed E-state index contributed by atoms with van der Waals surface area (Å²) in [6.07, 6.45) is 4.11. The van der Waals surface area contributed by atoms with Crippen LogP contribution in [0.25, 0.3) is 61.9 Å². The number of aromatic amines is 3. The summed E-state index contributed by atoms with van der Waals surface area (Å²) in [4.78, 5) is 20.0. The molecule has 0 amide bonds. The monoisotopic (exact) mass is 975 g/mol. The maximum absolute atomic E-state index is 16.8. The van der Waals surface area contributed by atoms with Crippen LogP contribution in [0.15, 0.2) is 127 Å². The van der Waals surface area contributed by atoms with Gasteiger partial charge in [-0.15, -0.1) is 0 Å². The number of allylic oxidation sites excluding steroid dienone is 2. The first kappa shape index (κ1) is 44.6. The first-order valence-electron chi connectivity index (χ1n) is 21.1. The second-order valence-corrected chi connectivity index (χ2v) is 16.1. The normalized spacial score (nSPS) is 13.4. The Kier molecular flexibility index (Phi) is 10.7. The van der Waals surface area contributed by atoms with Crippen LogP contribution in [0.4, 0.5) is 52.7 Å². The molecule has 11 rings (SSSR count). The zero-order valence-electron chi connectivity index (χ0n) is 35.6. The van der Waals surface area contributed by atoms with Gasteiger partial charge in [0.15, 0.2) is 69.8 Å². The SMILES string of the molecule is Fc1c(F)c(-c2ccccn2)c(F)c(F)c1C1=C2CC=C(N2)C(c2c(F)c(F)c(-c3ccccn3)c(F)c2F)=c2ccc([nH]2)=C(c2c(F)c(F)c(-c3ccccn3)c(F)c2F)c2ccc([nH]2)-c2ccc1[nH]2. The topological polar surface area (TPSA) is 98.1 Å². The molecule has 0 atom stereocenters. The second kappa shape index (κ2) is 17.0. The number of nitrogens with one attached hydrogen (secondary N) is 4. The average Bonchev–Trinajstić information content (AvgIpc) is 4.24. The van der Waals surface area contributed by atoms with Gasteiger partial charge in [-0.2, -0.15) is 0 Å². The van der Waals surface area contributed by atoms with Crippen LogP contribution in [-0.2, 0) is 0 Å². The van der Waals surface area contributed by atoms with Crippen molar-refractivity contribution in [2.24, 2.45) is 0 Å². The van der Waals surface area contributed by atoms with E-state index in [2.05, 4.69) is 35.2 Å². The summed E-state index contributed by atoms with van der Waals surface area (Å²) >= 11 is 0. The quantitative estimate of drug-likeness (QED) is 0.0986. The molecule has 0 fully saturated rings. The molecule has 0 saturated heterocycles. The maximum atomic E-state index is 16.8. The number of benzene rings is 3. The third kappa shape index (κ3) is 6.97. The van der Waals surface area contributed by atoms with E-state index in [9.17, 15) is 0 Å². The van der Waals surface area contributed by atoms with Crippen LogP contribution in [0.1, 0.15) is 34.5 Å². The number of aromatic nitrogens is 6. The highest BCUT2D eigenvalue weighted by Crippen LogP contribution is 2.43. The van der Waals surface area contributed by atoms with Crippen molar-refractivity contribution < 1.29 is 52.7 Å². The molecule has 0 spiro atoms. The van der Waals surface area contributed by atoms with Gasteiger partial charge >= 0.3 is 0 Å². The Morgan fingerprint density at radius 1 is 0.324 bits per heavy atom. The van der Waals surface area contributed by atoms with E-state index in [1.54, 1.807) is 0 Å². The summed E-state index contributed by atoms with van der Waals surface area (Å²) in [7, 11) is 0. The fourth-order valence-corrected chi connectivity index (χ4v) is 8.92. The van der Waals surface area contributed by atoms with Gasteiger partial charge < -0.3 is 20.3 Å². The highest BCUT2D eigenvalue weighted by atomic mass is 19.2. The van der Waals surface area contributed by atoms with E-state index in [4.69, 9.17) is 0 Å². The molecule has 19 heteroatoms. The fourth-order valence-electron chi connectivity index (χ4n) is 8.92. The van der Waals surface area contributed by atoms with Crippen molar-refractivity contribution in [2.75, 3.05) is 0 Å². The van der Waals surface area contributed by atoms with Crippen molar-refractivity contribution >= 4 is 16.7 Å². The minimum atomic E-state index is -1.99. The van der Waals surface area contributed by atoms with Gasteiger partial charge in [0.05, 0.1) is 61.9 Å². The lowest BCUT2D eigenvalue weighted by Crippen LogP contribution is -2.23. The fraction of sp³-hybridized carbons (Fsp3) is 0.0192. The predicted molar refractivity (Wildman–Crippen MR) is 235 cm³/mol. The number of pyridine rings is 3. The van der Waals surface area contributed by atoms with Crippen molar-refractivity contribution in [1.82, 2.24) is 35.2 Å². The van der Waals surface area contributed by atoms with Gasteiger partial charge in [0.1, 0.15) is 0 Å². The number of hydrogen-bond donors (Lipinski definition) is 4. The minimum Gasteiger partial charge on any atom is -0.358 e. The van der Waals surface area contributed by atoms with E-state index in [0.717, 1.165) is 48.9 Å². The lowest BCUT2D eigenvalue weighted by atomic mass is 9.95. The number of nitrogens with zero attached hydrogens (tertiary/aromatic N) is 3. The lowest BCUT2D eigenvalue weighted by Gasteiger charge is -2.19. The highest BCUT2D eigenvalue weighted by molar-refractivity contribution is 5.88. The molecule has 0 aliphatic carbocycles. The number of halogens is 12. The Labute approximate surface area is 390 Å². The molecule has 4 N–H and O–H groups in total. The summed E-state index contributed by atoms with van der Waals surface area (Å²) in [5, 5.41) is 1.92. The van der Waals surface area contributed by atoms with Gasteiger partial charge in [-0.3, -0.25) is 15.0 Å². The molecular weight excluding hydrogens is 951 g/mol. The molecule has 352 valence electrons. The molecule has 0 unspecified atom stereocenters. The number of fused-ring (bicyclic) bond motifs is 9.